The van der Waals surface area contributed by atoms with Crippen molar-refractivity contribution in [3.8, 4) is 0 Å². The highest BCUT2D eigenvalue weighted by molar-refractivity contribution is 8.26. The van der Waals surface area contributed by atoms with Crippen molar-refractivity contribution >= 4 is 73.9 Å². The molecule has 2 aliphatic heterocycles. The molecular weight excluding hydrogens is 465 g/mol. The number of aromatic nitrogens is 1. The number of hydrazone groups is 1. The van der Waals surface area contributed by atoms with Crippen LogP contribution in [0.25, 0.3) is 17.0 Å². The van der Waals surface area contributed by atoms with Crippen molar-refractivity contribution < 1.29 is 4.79 Å². The second kappa shape index (κ2) is 8.24. The van der Waals surface area contributed by atoms with Gasteiger partial charge in [-0.2, -0.15) is 15.1 Å². The lowest BCUT2D eigenvalue weighted by molar-refractivity contribution is -0.114. The van der Waals surface area contributed by atoms with E-state index in [1.165, 1.54) is 16.8 Å². The first-order valence-electron chi connectivity index (χ1n) is 9.95. The molecule has 2 aromatic carbocycles. The van der Waals surface area contributed by atoms with Gasteiger partial charge in [-0.25, -0.2) is 0 Å². The number of halogens is 2. The fourth-order valence-electron chi connectivity index (χ4n) is 3.68. The fraction of sp³-hybridized carbons (Fsp3) is 0.130. The quantitative estimate of drug-likeness (QED) is 0.462. The Bertz CT molecular complexity index is 1390. The van der Waals surface area contributed by atoms with Gasteiger partial charge in [0.25, 0.3) is 5.91 Å². The van der Waals surface area contributed by atoms with Crippen LogP contribution >= 0.6 is 35.0 Å². The molecule has 0 unspecified atom stereocenters. The second-order valence-electron chi connectivity index (χ2n) is 7.33. The summed E-state index contributed by atoms with van der Waals surface area (Å²) in [6.45, 7) is 2.52. The van der Waals surface area contributed by atoms with Crippen LogP contribution in [0.2, 0.25) is 10.0 Å². The number of thioether (sulfide) groups is 1. The third kappa shape index (κ3) is 3.66. The van der Waals surface area contributed by atoms with Crippen molar-refractivity contribution in [2.24, 2.45) is 10.1 Å². The van der Waals surface area contributed by atoms with E-state index in [9.17, 15) is 4.79 Å². The van der Waals surface area contributed by atoms with Crippen LogP contribution in [-0.4, -0.2) is 31.5 Å². The maximum absolute atomic E-state index is 12.7. The predicted octanol–water partition coefficient (Wildman–Crippen LogP) is 6.03. The normalized spacial score (nSPS) is 17.2. The summed E-state index contributed by atoms with van der Waals surface area (Å²) in [6.07, 6.45) is 4.40. The summed E-state index contributed by atoms with van der Waals surface area (Å²) in [5.41, 5.74) is 2.96. The van der Waals surface area contributed by atoms with Crippen molar-refractivity contribution in [3.05, 3.63) is 75.4 Å². The van der Waals surface area contributed by atoms with Gasteiger partial charge >= 0.3 is 0 Å². The Kier molecular flexibility index (Phi) is 5.41. The van der Waals surface area contributed by atoms with E-state index in [0.717, 1.165) is 33.5 Å². The number of nitrogens with zero attached hydrogens (tertiary/aromatic N) is 4. The average Bonchev–Trinajstić information content (AvgIpc) is 3.35. The number of rotatable bonds is 4. The number of carbonyl (C=O) groups excluding carboxylic acids is 1. The summed E-state index contributed by atoms with van der Waals surface area (Å²) >= 11 is 13.8. The molecule has 2 aliphatic rings. The van der Waals surface area contributed by atoms with Gasteiger partial charge in [0.05, 0.1) is 5.57 Å². The number of hydrogen-bond acceptors (Lipinski definition) is 4. The summed E-state index contributed by atoms with van der Waals surface area (Å²) in [5, 5.41) is 17.8. The van der Waals surface area contributed by atoms with Gasteiger partial charge in [0.15, 0.2) is 5.84 Å². The smallest absolute Gasteiger partial charge is 0.283 e. The molecule has 0 atom stereocenters. The Morgan fingerprint density at radius 1 is 1.19 bits per heavy atom. The molecule has 0 bridgehead atoms. The minimum absolute atomic E-state index is 0.0357. The standard InChI is InChI=1S/C23H17Cl2N5OS/c1-2-20-28-30-21(26)17(22(31)27-23(30)32-20)9-14-12-29(19-6-4-3-5-16(14)19)11-13-7-8-15(24)10-18(13)25/h3-10,12,26H,2,11H2,1H3/b17-9-,26-21?. The molecule has 5 rings (SSSR count). The number of benzene rings is 2. The van der Waals surface area contributed by atoms with Crippen molar-refractivity contribution in [2.75, 3.05) is 0 Å². The van der Waals surface area contributed by atoms with Gasteiger partial charge in [0.2, 0.25) is 5.17 Å². The van der Waals surface area contributed by atoms with E-state index in [1.54, 1.807) is 12.1 Å². The van der Waals surface area contributed by atoms with Gasteiger partial charge in [0, 0.05) is 39.3 Å². The van der Waals surface area contributed by atoms with Crippen LogP contribution in [0.5, 0.6) is 0 Å². The van der Waals surface area contributed by atoms with Crippen LogP contribution in [0.1, 0.15) is 24.5 Å². The summed E-state index contributed by atoms with van der Waals surface area (Å²) in [7, 11) is 0. The lowest BCUT2D eigenvalue weighted by atomic mass is 10.1. The zero-order valence-electron chi connectivity index (χ0n) is 17.0. The zero-order valence-corrected chi connectivity index (χ0v) is 19.3. The average molecular weight is 482 g/mol. The van der Waals surface area contributed by atoms with Gasteiger partial charge in [0.1, 0.15) is 5.04 Å². The first kappa shape index (κ1) is 21.0. The molecule has 0 saturated carbocycles. The van der Waals surface area contributed by atoms with E-state index in [4.69, 9.17) is 28.6 Å². The first-order chi connectivity index (χ1) is 15.4. The Balaban J connectivity index is 1.57. The molecular formula is C23H17Cl2N5OS. The maximum Gasteiger partial charge on any atom is 0.283 e. The van der Waals surface area contributed by atoms with Crippen LogP contribution < -0.4 is 0 Å². The van der Waals surface area contributed by atoms with E-state index in [-0.39, 0.29) is 11.4 Å². The van der Waals surface area contributed by atoms with Gasteiger partial charge in [-0.3, -0.25) is 10.2 Å². The van der Waals surface area contributed by atoms with Crippen molar-refractivity contribution in [3.63, 3.8) is 0 Å². The highest BCUT2D eigenvalue weighted by Crippen LogP contribution is 2.31. The number of amides is 1. The summed E-state index contributed by atoms with van der Waals surface area (Å²) < 4.78 is 2.07. The molecule has 3 heterocycles. The number of para-hydroxylation sites is 1. The molecule has 3 aromatic rings. The molecule has 1 N–H and O–H groups in total. The van der Waals surface area contributed by atoms with Crippen molar-refractivity contribution in [1.82, 2.24) is 9.58 Å². The van der Waals surface area contributed by atoms with Gasteiger partial charge in [-0.15, -0.1) is 0 Å². The van der Waals surface area contributed by atoms with E-state index >= 15 is 0 Å². The molecule has 160 valence electrons. The second-order valence-corrected chi connectivity index (χ2v) is 9.22. The molecule has 0 aliphatic carbocycles. The monoisotopic (exact) mass is 481 g/mol. The van der Waals surface area contributed by atoms with Crippen LogP contribution in [0, 0.1) is 5.41 Å². The van der Waals surface area contributed by atoms with Crippen molar-refractivity contribution in [2.45, 2.75) is 19.9 Å². The zero-order chi connectivity index (χ0) is 22.4. The van der Waals surface area contributed by atoms with Crippen LogP contribution in [0.15, 0.2) is 64.3 Å². The Morgan fingerprint density at radius 2 is 2.00 bits per heavy atom. The molecule has 9 heteroatoms. The summed E-state index contributed by atoms with van der Waals surface area (Å²) in [4.78, 5) is 16.9. The number of amidine groups is 2. The van der Waals surface area contributed by atoms with Crippen molar-refractivity contribution in [1.29, 1.82) is 5.41 Å². The lowest BCUT2D eigenvalue weighted by Crippen LogP contribution is -2.35. The first-order valence-corrected chi connectivity index (χ1v) is 11.5. The van der Waals surface area contributed by atoms with Crippen LogP contribution in [0.4, 0.5) is 0 Å². The highest BCUT2D eigenvalue weighted by atomic mass is 35.5. The predicted molar refractivity (Wildman–Crippen MR) is 133 cm³/mol. The van der Waals surface area contributed by atoms with Gasteiger partial charge in [-0.05, 0) is 48.0 Å². The van der Waals surface area contributed by atoms with Crippen LogP contribution in [0.3, 0.4) is 0 Å². The van der Waals surface area contributed by atoms with Crippen LogP contribution in [-0.2, 0) is 11.3 Å². The largest absolute Gasteiger partial charge is 0.342 e. The highest BCUT2D eigenvalue weighted by Gasteiger charge is 2.35. The SMILES string of the molecule is CCC1=NN2C(=N)/C(=C/c3cn(Cc4ccc(Cl)cc4Cl)c4ccccc34)C(=O)N=C2S1. The van der Waals surface area contributed by atoms with E-state index in [0.29, 0.717) is 21.8 Å². The van der Waals surface area contributed by atoms with E-state index in [2.05, 4.69) is 14.7 Å². The third-order valence-electron chi connectivity index (χ3n) is 5.27. The van der Waals surface area contributed by atoms with E-state index < -0.39 is 5.91 Å². The number of hydrogen-bond donors (Lipinski definition) is 1. The molecule has 0 spiro atoms. The number of aliphatic imine (C=N–C) groups is 1. The molecule has 1 aromatic heterocycles. The maximum atomic E-state index is 12.7. The van der Waals surface area contributed by atoms with Gasteiger partial charge < -0.3 is 4.57 Å². The molecule has 32 heavy (non-hydrogen) atoms. The molecule has 0 fully saturated rings. The number of carbonyl (C=O) groups is 1. The number of fused-ring (bicyclic) bond motifs is 2. The van der Waals surface area contributed by atoms with Gasteiger partial charge in [-0.1, -0.05) is 54.4 Å². The summed E-state index contributed by atoms with van der Waals surface area (Å²) in [6, 6.07) is 13.4. The molecule has 6 nitrogen and oxygen atoms in total. The Hall–Kier alpha value is -2.87. The molecule has 1 amide bonds. The minimum atomic E-state index is -0.432. The molecule has 0 saturated heterocycles. The topological polar surface area (TPSA) is 73.8 Å². The lowest BCUT2D eigenvalue weighted by Gasteiger charge is -2.20. The molecule has 0 radical (unpaired) electrons. The van der Waals surface area contributed by atoms with E-state index in [1.807, 2.05) is 49.5 Å². The fourth-order valence-corrected chi connectivity index (χ4v) is 4.98. The number of nitrogens with one attached hydrogen (secondary N) is 1. The minimum Gasteiger partial charge on any atom is -0.342 e. The summed E-state index contributed by atoms with van der Waals surface area (Å²) in [5.74, 6) is -0.396. The Labute approximate surface area is 198 Å². The third-order valence-corrected chi connectivity index (χ3v) is 6.91. The Morgan fingerprint density at radius 3 is 2.78 bits per heavy atom.